The van der Waals surface area contributed by atoms with Crippen LogP contribution in [0.3, 0.4) is 0 Å². The minimum atomic E-state index is -0.450. The number of pyridine rings is 1. The van der Waals surface area contributed by atoms with Gasteiger partial charge in [-0.25, -0.2) is 9.78 Å². The van der Waals surface area contributed by atoms with Crippen LogP contribution in [0.1, 0.15) is 23.0 Å². The number of H-pyrrole nitrogens is 1. The quantitative estimate of drug-likeness (QED) is 0.409. The number of fused-ring (bicyclic) bond motifs is 4. The fraction of sp³-hybridized carbons (Fsp3) is 0.120. The summed E-state index contributed by atoms with van der Waals surface area (Å²) in [5, 5.41) is 13.5. The van der Waals surface area contributed by atoms with Crippen molar-refractivity contribution in [3.8, 4) is 11.3 Å². The molecule has 0 aliphatic rings. The van der Waals surface area contributed by atoms with Crippen molar-refractivity contribution in [1.82, 2.24) is 9.97 Å². The van der Waals surface area contributed by atoms with Gasteiger partial charge in [0.15, 0.2) is 0 Å². The number of nitrogens with one attached hydrogen (secondary N) is 1. The molecule has 0 atom stereocenters. The van der Waals surface area contributed by atoms with Crippen molar-refractivity contribution >= 4 is 38.5 Å². The Morgan fingerprint density at radius 3 is 2.67 bits per heavy atom. The first kappa shape index (κ1) is 18.3. The molecule has 0 saturated heterocycles. The minimum Gasteiger partial charge on any atom is -0.461 e. The number of hydrogen-bond donors (Lipinski definition) is 2. The fourth-order valence-electron chi connectivity index (χ4n) is 3.98. The molecule has 0 fully saturated rings. The van der Waals surface area contributed by atoms with Crippen molar-refractivity contribution < 1.29 is 14.6 Å². The minimum absolute atomic E-state index is 0.0470. The van der Waals surface area contributed by atoms with Crippen LogP contribution in [0.2, 0.25) is 0 Å². The van der Waals surface area contributed by atoms with E-state index in [-0.39, 0.29) is 18.9 Å². The molecule has 2 heterocycles. The molecular formula is C25H20N2O3. The van der Waals surface area contributed by atoms with Gasteiger partial charge in [0.25, 0.3) is 0 Å². The number of aliphatic hydroxyl groups is 1. The van der Waals surface area contributed by atoms with Gasteiger partial charge in [-0.1, -0.05) is 48.5 Å². The SMILES string of the molecule is CCOC(=O)c1cc2c([nH]c3ccc(CO)cc32)c(-c2cccc3ccccc23)n1. The highest BCUT2D eigenvalue weighted by Crippen LogP contribution is 2.36. The Bertz CT molecular complexity index is 1410. The first-order chi connectivity index (χ1) is 14.7. The van der Waals surface area contributed by atoms with Crippen LogP contribution in [0.5, 0.6) is 0 Å². The standard InChI is InChI=1S/C25H20N2O3/c1-2-30-25(29)22-13-20-19-12-15(14-28)10-11-21(19)26-24(20)23(27-22)18-9-5-7-16-6-3-4-8-17(16)18/h3-13,26,28H,2,14H2,1H3. The van der Waals surface area contributed by atoms with E-state index >= 15 is 0 Å². The lowest BCUT2D eigenvalue weighted by Crippen LogP contribution is -2.08. The highest BCUT2D eigenvalue weighted by atomic mass is 16.5. The highest BCUT2D eigenvalue weighted by Gasteiger charge is 2.19. The average molecular weight is 396 g/mol. The molecule has 0 aliphatic carbocycles. The van der Waals surface area contributed by atoms with E-state index in [1.807, 2.05) is 42.5 Å². The Morgan fingerprint density at radius 2 is 1.83 bits per heavy atom. The lowest BCUT2D eigenvalue weighted by atomic mass is 9.99. The van der Waals surface area contributed by atoms with Crippen molar-refractivity contribution in [2.45, 2.75) is 13.5 Å². The third kappa shape index (κ3) is 2.91. The van der Waals surface area contributed by atoms with E-state index in [0.29, 0.717) is 5.69 Å². The summed E-state index contributed by atoms with van der Waals surface area (Å²) in [7, 11) is 0. The zero-order valence-corrected chi connectivity index (χ0v) is 16.5. The Morgan fingerprint density at radius 1 is 1.00 bits per heavy atom. The molecule has 0 unspecified atom stereocenters. The molecule has 5 heteroatoms. The third-order valence-corrected chi connectivity index (χ3v) is 5.37. The number of aromatic amines is 1. The molecule has 0 amide bonds. The van der Waals surface area contributed by atoms with Crippen molar-refractivity contribution in [3.63, 3.8) is 0 Å². The molecule has 3 aromatic carbocycles. The van der Waals surface area contributed by atoms with Crippen molar-refractivity contribution in [2.24, 2.45) is 0 Å². The predicted octanol–water partition coefficient (Wildman–Crippen LogP) is 5.21. The van der Waals surface area contributed by atoms with Crippen LogP contribution in [0, 0.1) is 0 Å². The molecule has 0 radical (unpaired) electrons. The maximum Gasteiger partial charge on any atom is 0.356 e. The second-order valence-electron chi connectivity index (χ2n) is 7.19. The van der Waals surface area contributed by atoms with Crippen LogP contribution in [-0.4, -0.2) is 27.7 Å². The normalized spacial score (nSPS) is 11.4. The molecule has 0 spiro atoms. The maximum absolute atomic E-state index is 12.6. The van der Waals surface area contributed by atoms with Gasteiger partial charge in [-0.15, -0.1) is 0 Å². The number of carbonyl (C=O) groups excluding carboxylic acids is 1. The van der Waals surface area contributed by atoms with E-state index in [2.05, 4.69) is 23.2 Å². The third-order valence-electron chi connectivity index (χ3n) is 5.37. The zero-order valence-electron chi connectivity index (χ0n) is 16.5. The van der Waals surface area contributed by atoms with E-state index in [9.17, 15) is 9.90 Å². The van der Waals surface area contributed by atoms with Gasteiger partial charge in [0.1, 0.15) is 5.69 Å². The first-order valence-corrected chi connectivity index (χ1v) is 9.91. The van der Waals surface area contributed by atoms with Crippen LogP contribution >= 0.6 is 0 Å². The Labute approximate surface area is 172 Å². The number of esters is 1. The largest absolute Gasteiger partial charge is 0.461 e. The number of nitrogens with zero attached hydrogens (tertiary/aromatic N) is 1. The lowest BCUT2D eigenvalue weighted by Gasteiger charge is -2.10. The van der Waals surface area contributed by atoms with Gasteiger partial charge in [0, 0.05) is 21.9 Å². The molecule has 148 valence electrons. The monoisotopic (exact) mass is 396 g/mol. The Hall–Kier alpha value is -3.70. The van der Waals surface area contributed by atoms with E-state index in [0.717, 1.165) is 43.7 Å². The van der Waals surface area contributed by atoms with Gasteiger partial charge >= 0.3 is 5.97 Å². The number of rotatable bonds is 4. The predicted molar refractivity (Wildman–Crippen MR) is 118 cm³/mol. The zero-order chi connectivity index (χ0) is 20.7. The number of ether oxygens (including phenoxy) is 1. The Balaban J connectivity index is 1.89. The van der Waals surface area contributed by atoms with Gasteiger partial charge in [-0.2, -0.15) is 0 Å². The van der Waals surface area contributed by atoms with Gasteiger partial charge in [0.2, 0.25) is 0 Å². The second kappa shape index (κ2) is 7.28. The maximum atomic E-state index is 12.6. The van der Waals surface area contributed by atoms with Crippen molar-refractivity contribution in [2.75, 3.05) is 6.61 Å². The molecule has 0 aliphatic heterocycles. The summed E-state index contributed by atoms with van der Waals surface area (Å²) in [5.41, 5.74) is 4.50. The smallest absolute Gasteiger partial charge is 0.356 e. The van der Waals surface area contributed by atoms with E-state index in [4.69, 9.17) is 9.72 Å². The van der Waals surface area contributed by atoms with Gasteiger partial charge in [-0.3, -0.25) is 0 Å². The number of carbonyl (C=O) groups is 1. The first-order valence-electron chi connectivity index (χ1n) is 9.91. The molecule has 2 N–H and O–H groups in total. The number of aromatic nitrogens is 2. The van der Waals surface area contributed by atoms with E-state index in [1.165, 1.54) is 0 Å². The molecule has 5 nitrogen and oxygen atoms in total. The number of benzene rings is 3. The highest BCUT2D eigenvalue weighted by molar-refractivity contribution is 6.14. The molecule has 5 rings (SSSR count). The molecule has 0 saturated carbocycles. The molecular weight excluding hydrogens is 376 g/mol. The topological polar surface area (TPSA) is 75.2 Å². The van der Waals surface area contributed by atoms with Gasteiger partial charge < -0.3 is 14.8 Å². The summed E-state index contributed by atoms with van der Waals surface area (Å²) in [5.74, 6) is -0.450. The van der Waals surface area contributed by atoms with Gasteiger partial charge in [-0.05, 0) is 41.5 Å². The summed E-state index contributed by atoms with van der Waals surface area (Å²) in [4.78, 5) is 20.8. The Kier molecular flexibility index (Phi) is 4.45. The number of aliphatic hydroxyl groups excluding tert-OH is 1. The summed E-state index contributed by atoms with van der Waals surface area (Å²) in [6.07, 6.45) is 0. The van der Waals surface area contributed by atoms with E-state index < -0.39 is 5.97 Å². The average Bonchev–Trinajstić information content (AvgIpc) is 3.16. The summed E-state index contributed by atoms with van der Waals surface area (Å²) in [6.45, 7) is 2.01. The van der Waals surface area contributed by atoms with Crippen LogP contribution in [0.4, 0.5) is 0 Å². The van der Waals surface area contributed by atoms with Crippen molar-refractivity contribution in [1.29, 1.82) is 0 Å². The van der Waals surface area contributed by atoms with Crippen LogP contribution in [0.25, 0.3) is 43.8 Å². The van der Waals surface area contributed by atoms with Crippen LogP contribution in [0.15, 0.2) is 66.7 Å². The molecule has 0 bridgehead atoms. The van der Waals surface area contributed by atoms with Crippen LogP contribution < -0.4 is 0 Å². The van der Waals surface area contributed by atoms with E-state index in [1.54, 1.807) is 13.0 Å². The van der Waals surface area contributed by atoms with Gasteiger partial charge in [0.05, 0.1) is 24.4 Å². The molecule has 30 heavy (non-hydrogen) atoms. The number of hydrogen-bond acceptors (Lipinski definition) is 4. The molecule has 2 aromatic heterocycles. The molecule has 5 aromatic rings. The van der Waals surface area contributed by atoms with Crippen molar-refractivity contribution in [3.05, 3.63) is 78.0 Å². The summed E-state index contributed by atoms with van der Waals surface area (Å²) >= 11 is 0. The lowest BCUT2D eigenvalue weighted by molar-refractivity contribution is 0.0520. The second-order valence-corrected chi connectivity index (χ2v) is 7.19. The summed E-state index contributed by atoms with van der Waals surface area (Å²) < 4.78 is 5.24. The summed E-state index contributed by atoms with van der Waals surface area (Å²) in [6, 6.07) is 21.7. The van der Waals surface area contributed by atoms with Crippen LogP contribution in [-0.2, 0) is 11.3 Å². The fourth-order valence-corrected chi connectivity index (χ4v) is 3.98.